The normalized spacial score (nSPS) is 17.2. The Morgan fingerprint density at radius 2 is 1.91 bits per heavy atom. The van der Waals surface area contributed by atoms with E-state index in [1.807, 2.05) is 54.6 Å². The van der Waals surface area contributed by atoms with Gasteiger partial charge < -0.3 is 15.4 Å². The summed E-state index contributed by atoms with van der Waals surface area (Å²) in [5.74, 6) is 0.777. The van der Waals surface area contributed by atoms with E-state index in [2.05, 4.69) is 10.6 Å². The number of carbonyl (C=O) groups is 1. The summed E-state index contributed by atoms with van der Waals surface area (Å²) in [5.41, 5.74) is 1.58. The van der Waals surface area contributed by atoms with Crippen LogP contribution in [0.3, 0.4) is 0 Å². The number of ether oxygens (including phenoxy) is 1. The first-order valence-corrected chi connectivity index (χ1v) is 7.60. The number of para-hydroxylation sites is 1. The van der Waals surface area contributed by atoms with Crippen molar-refractivity contribution in [1.82, 2.24) is 10.6 Å². The fraction of sp³-hybridized carbons (Fsp3) is 0.278. The van der Waals surface area contributed by atoms with Crippen molar-refractivity contribution in [2.24, 2.45) is 0 Å². The van der Waals surface area contributed by atoms with Crippen molar-refractivity contribution < 1.29 is 9.53 Å². The molecule has 0 radical (unpaired) electrons. The van der Waals surface area contributed by atoms with Crippen LogP contribution in [0.15, 0.2) is 54.6 Å². The Balaban J connectivity index is 1.67. The van der Waals surface area contributed by atoms with Crippen LogP contribution in [0.2, 0.25) is 0 Å². The van der Waals surface area contributed by atoms with Gasteiger partial charge in [0.25, 0.3) is 5.91 Å². The van der Waals surface area contributed by atoms with E-state index in [1.165, 1.54) is 0 Å². The second-order valence-electron chi connectivity index (χ2n) is 5.42. The molecule has 0 spiro atoms. The highest BCUT2D eigenvalue weighted by Gasteiger charge is 2.19. The third-order valence-corrected chi connectivity index (χ3v) is 3.80. The summed E-state index contributed by atoms with van der Waals surface area (Å²) in [5, 5.41) is 6.33. The molecule has 4 heteroatoms. The van der Waals surface area contributed by atoms with E-state index in [1.54, 1.807) is 0 Å². The molecule has 1 saturated heterocycles. The molecule has 1 fully saturated rings. The molecule has 0 aromatic heterocycles. The van der Waals surface area contributed by atoms with E-state index < -0.39 is 0 Å². The smallest absolute Gasteiger partial charge is 0.251 e. The predicted molar refractivity (Wildman–Crippen MR) is 86.0 cm³/mol. The minimum Gasteiger partial charge on any atom is -0.489 e. The van der Waals surface area contributed by atoms with Crippen LogP contribution in [0.25, 0.3) is 0 Å². The first kappa shape index (κ1) is 14.6. The van der Waals surface area contributed by atoms with Gasteiger partial charge in [0, 0.05) is 23.7 Å². The Hall–Kier alpha value is -2.33. The van der Waals surface area contributed by atoms with Gasteiger partial charge in [0.1, 0.15) is 12.4 Å². The van der Waals surface area contributed by atoms with Crippen LogP contribution in [0.5, 0.6) is 5.75 Å². The summed E-state index contributed by atoms with van der Waals surface area (Å²) in [7, 11) is 0. The second-order valence-corrected chi connectivity index (χ2v) is 5.42. The molecule has 4 nitrogen and oxygen atoms in total. The van der Waals surface area contributed by atoms with Crippen LogP contribution in [0.4, 0.5) is 0 Å². The molecule has 0 saturated carbocycles. The Bertz CT molecular complexity index is 622. The van der Waals surface area contributed by atoms with Gasteiger partial charge in [0.05, 0.1) is 0 Å². The zero-order valence-corrected chi connectivity index (χ0v) is 12.4. The van der Waals surface area contributed by atoms with Gasteiger partial charge >= 0.3 is 0 Å². The van der Waals surface area contributed by atoms with Gasteiger partial charge in [0.15, 0.2) is 0 Å². The summed E-state index contributed by atoms with van der Waals surface area (Å²) in [6.07, 6.45) is 0.981. The SMILES string of the molecule is O=C(NC1CCNC1)c1ccccc1COc1ccccc1. The van der Waals surface area contributed by atoms with Gasteiger partial charge in [-0.3, -0.25) is 4.79 Å². The summed E-state index contributed by atoms with van der Waals surface area (Å²) >= 11 is 0. The minimum absolute atomic E-state index is 0.0269. The maximum atomic E-state index is 12.4. The molecule has 1 aliphatic rings. The molecule has 1 atom stereocenters. The predicted octanol–water partition coefficient (Wildman–Crippen LogP) is 2.36. The number of rotatable bonds is 5. The molecule has 1 amide bonds. The van der Waals surface area contributed by atoms with Crippen molar-refractivity contribution in [3.8, 4) is 5.75 Å². The van der Waals surface area contributed by atoms with Crippen molar-refractivity contribution in [1.29, 1.82) is 0 Å². The van der Waals surface area contributed by atoms with Crippen molar-refractivity contribution in [2.45, 2.75) is 19.1 Å². The van der Waals surface area contributed by atoms with Gasteiger partial charge in [-0.25, -0.2) is 0 Å². The van der Waals surface area contributed by atoms with Crippen LogP contribution < -0.4 is 15.4 Å². The van der Waals surface area contributed by atoms with Gasteiger partial charge in [-0.15, -0.1) is 0 Å². The van der Waals surface area contributed by atoms with E-state index in [9.17, 15) is 4.79 Å². The Morgan fingerprint density at radius 1 is 1.14 bits per heavy atom. The van der Waals surface area contributed by atoms with E-state index in [4.69, 9.17) is 4.74 Å². The second kappa shape index (κ2) is 7.09. The number of nitrogens with one attached hydrogen (secondary N) is 2. The third-order valence-electron chi connectivity index (χ3n) is 3.80. The topological polar surface area (TPSA) is 50.4 Å². The highest BCUT2D eigenvalue weighted by atomic mass is 16.5. The first-order chi connectivity index (χ1) is 10.8. The summed E-state index contributed by atoms with van der Waals surface area (Å²) in [6.45, 7) is 2.19. The summed E-state index contributed by atoms with van der Waals surface area (Å²) < 4.78 is 5.76. The summed E-state index contributed by atoms with van der Waals surface area (Å²) in [4.78, 5) is 12.4. The van der Waals surface area contributed by atoms with Crippen molar-refractivity contribution in [3.05, 3.63) is 65.7 Å². The quantitative estimate of drug-likeness (QED) is 0.890. The van der Waals surface area contributed by atoms with Crippen molar-refractivity contribution >= 4 is 5.91 Å². The van der Waals surface area contributed by atoms with Gasteiger partial charge in [-0.2, -0.15) is 0 Å². The van der Waals surface area contributed by atoms with E-state index >= 15 is 0 Å². The van der Waals surface area contributed by atoms with Crippen LogP contribution >= 0.6 is 0 Å². The van der Waals surface area contributed by atoms with Gasteiger partial charge in [-0.05, 0) is 31.2 Å². The fourth-order valence-electron chi connectivity index (χ4n) is 2.59. The molecule has 0 bridgehead atoms. The molecule has 2 aromatic carbocycles. The standard InChI is InChI=1S/C18H20N2O2/c21-18(20-15-10-11-19-12-15)17-9-5-4-6-14(17)13-22-16-7-2-1-3-8-16/h1-9,15,19H,10-13H2,(H,20,21). The van der Waals surface area contributed by atoms with Gasteiger partial charge in [0.2, 0.25) is 0 Å². The zero-order chi connectivity index (χ0) is 15.2. The molecule has 2 N–H and O–H groups in total. The van der Waals surface area contributed by atoms with Crippen LogP contribution in [-0.2, 0) is 6.61 Å². The number of benzene rings is 2. The number of hydrogen-bond donors (Lipinski definition) is 2. The molecular formula is C18H20N2O2. The Labute approximate surface area is 130 Å². The lowest BCUT2D eigenvalue weighted by molar-refractivity contribution is 0.0937. The van der Waals surface area contributed by atoms with Crippen LogP contribution in [-0.4, -0.2) is 25.0 Å². The molecule has 1 unspecified atom stereocenters. The van der Waals surface area contributed by atoms with E-state index in [-0.39, 0.29) is 11.9 Å². The average Bonchev–Trinajstić information content (AvgIpc) is 3.07. The maximum Gasteiger partial charge on any atom is 0.251 e. The highest BCUT2D eigenvalue weighted by molar-refractivity contribution is 5.95. The van der Waals surface area contributed by atoms with Crippen LogP contribution in [0.1, 0.15) is 22.3 Å². The Morgan fingerprint density at radius 3 is 2.68 bits per heavy atom. The zero-order valence-electron chi connectivity index (χ0n) is 12.4. The third kappa shape index (κ3) is 3.65. The number of hydrogen-bond acceptors (Lipinski definition) is 3. The van der Waals surface area contributed by atoms with E-state index in [0.29, 0.717) is 12.2 Å². The monoisotopic (exact) mass is 296 g/mol. The van der Waals surface area contributed by atoms with E-state index in [0.717, 1.165) is 30.8 Å². The Kier molecular flexibility index (Phi) is 4.71. The lowest BCUT2D eigenvalue weighted by Gasteiger charge is -2.14. The van der Waals surface area contributed by atoms with Crippen molar-refractivity contribution in [3.63, 3.8) is 0 Å². The average molecular weight is 296 g/mol. The number of amides is 1. The maximum absolute atomic E-state index is 12.4. The molecule has 0 aliphatic carbocycles. The lowest BCUT2D eigenvalue weighted by Crippen LogP contribution is -2.36. The van der Waals surface area contributed by atoms with Crippen molar-refractivity contribution in [2.75, 3.05) is 13.1 Å². The minimum atomic E-state index is -0.0269. The molecule has 22 heavy (non-hydrogen) atoms. The molecule has 114 valence electrons. The lowest BCUT2D eigenvalue weighted by atomic mass is 10.1. The fourth-order valence-corrected chi connectivity index (χ4v) is 2.59. The highest BCUT2D eigenvalue weighted by Crippen LogP contribution is 2.15. The summed E-state index contributed by atoms with van der Waals surface area (Å²) in [6, 6.07) is 17.4. The molecule has 2 aromatic rings. The molecule has 1 aliphatic heterocycles. The molecular weight excluding hydrogens is 276 g/mol. The molecule has 3 rings (SSSR count). The van der Waals surface area contributed by atoms with Crippen LogP contribution in [0, 0.1) is 0 Å². The van der Waals surface area contributed by atoms with Gasteiger partial charge in [-0.1, -0.05) is 36.4 Å². The largest absolute Gasteiger partial charge is 0.489 e. The first-order valence-electron chi connectivity index (χ1n) is 7.60. The number of carbonyl (C=O) groups excluding carboxylic acids is 1. The molecule has 1 heterocycles.